The Hall–Kier alpha value is -2.25. The van der Waals surface area contributed by atoms with Crippen molar-refractivity contribution in [3.63, 3.8) is 0 Å². The Bertz CT molecular complexity index is 533. The van der Waals surface area contributed by atoms with Crippen molar-refractivity contribution in [3.05, 3.63) is 12.7 Å². The Morgan fingerprint density at radius 2 is 1.86 bits per heavy atom. The van der Waals surface area contributed by atoms with E-state index < -0.39 is 0 Å². The van der Waals surface area contributed by atoms with Crippen LogP contribution in [0.3, 0.4) is 0 Å². The molecule has 0 atom stereocenters. The third kappa shape index (κ3) is 3.87. The van der Waals surface area contributed by atoms with Crippen LogP contribution in [-0.2, 0) is 0 Å². The van der Waals surface area contributed by atoms with Gasteiger partial charge in [0, 0.05) is 19.6 Å². The minimum absolute atomic E-state index is 0.477. The SMILES string of the molecule is CCCN(CCC)c1nc(NCC)nc(-n2cncn2)n1. The van der Waals surface area contributed by atoms with E-state index in [-0.39, 0.29) is 0 Å². The van der Waals surface area contributed by atoms with Gasteiger partial charge < -0.3 is 10.2 Å². The van der Waals surface area contributed by atoms with Gasteiger partial charge in [0.25, 0.3) is 5.95 Å². The Kier molecular flexibility index (Phi) is 5.42. The van der Waals surface area contributed by atoms with E-state index in [0.29, 0.717) is 17.8 Å². The van der Waals surface area contributed by atoms with Crippen LogP contribution in [0, 0.1) is 0 Å². The molecule has 114 valence electrons. The van der Waals surface area contributed by atoms with Crippen molar-refractivity contribution in [3.8, 4) is 5.95 Å². The van der Waals surface area contributed by atoms with Gasteiger partial charge in [-0.3, -0.25) is 0 Å². The highest BCUT2D eigenvalue weighted by Crippen LogP contribution is 2.13. The first-order valence-electron chi connectivity index (χ1n) is 7.38. The zero-order chi connectivity index (χ0) is 15.1. The largest absolute Gasteiger partial charge is 0.354 e. The van der Waals surface area contributed by atoms with E-state index in [0.717, 1.165) is 32.5 Å². The number of hydrogen-bond acceptors (Lipinski definition) is 7. The normalized spacial score (nSPS) is 10.6. The fraction of sp³-hybridized carbons (Fsp3) is 0.615. The zero-order valence-electron chi connectivity index (χ0n) is 12.8. The summed E-state index contributed by atoms with van der Waals surface area (Å²) >= 11 is 0. The van der Waals surface area contributed by atoms with E-state index in [2.05, 4.69) is 49.1 Å². The lowest BCUT2D eigenvalue weighted by atomic mass is 10.4. The summed E-state index contributed by atoms with van der Waals surface area (Å²) in [6, 6.07) is 0. The molecule has 8 nitrogen and oxygen atoms in total. The molecule has 0 aliphatic carbocycles. The van der Waals surface area contributed by atoms with E-state index in [9.17, 15) is 0 Å². The maximum Gasteiger partial charge on any atom is 0.258 e. The maximum absolute atomic E-state index is 4.52. The quantitative estimate of drug-likeness (QED) is 0.788. The molecule has 0 spiro atoms. The van der Waals surface area contributed by atoms with Gasteiger partial charge in [0.05, 0.1) is 0 Å². The molecule has 1 N–H and O–H groups in total. The molecule has 2 aromatic rings. The van der Waals surface area contributed by atoms with Crippen LogP contribution in [-0.4, -0.2) is 49.4 Å². The van der Waals surface area contributed by atoms with Gasteiger partial charge in [-0.15, -0.1) is 0 Å². The van der Waals surface area contributed by atoms with Crippen molar-refractivity contribution in [2.75, 3.05) is 29.9 Å². The number of hydrogen-bond donors (Lipinski definition) is 1. The minimum Gasteiger partial charge on any atom is -0.354 e. The summed E-state index contributed by atoms with van der Waals surface area (Å²) in [6.45, 7) is 8.89. The van der Waals surface area contributed by atoms with Crippen molar-refractivity contribution >= 4 is 11.9 Å². The zero-order valence-corrected chi connectivity index (χ0v) is 12.8. The van der Waals surface area contributed by atoms with Crippen molar-refractivity contribution in [2.24, 2.45) is 0 Å². The van der Waals surface area contributed by atoms with Gasteiger partial charge >= 0.3 is 0 Å². The summed E-state index contributed by atoms with van der Waals surface area (Å²) in [4.78, 5) is 19.5. The summed E-state index contributed by atoms with van der Waals surface area (Å²) in [5.41, 5.74) is 0. The highest BCUT2D eigenvalue weighted by molar-refractivity contribution is 5.39. The molecule has 0 aliphatic heterocycles. The Morgan fingerprint density at radius 1 is 1.10 bits per heavy atom. The van der Waals surface area contributed by atoms with E-state index in [1.807, 2.05) is 6.92 Å². The third-order valence-corrected chi connectivity index (χ3v) is 2.84. The van der Waals surface area contributed by atoms with Gasteiger partial charge in [-0.05, 0) is 19.8 Å². The van der Waals surface area contributed by atoms with Gasteiger partial charge in [0.15, 0.2) is 0 Å². The smallest absolute Gasteiger partial charge is 0.258 e. The van der Waals surface area contributed by atoms with Crippen molar-refractivity contribution in [2.45, 2.75) is 33.6 Å². The molecule has 0 saturated carbocycles. The van der Waals surface area contributed by atoms with Crippen LogP contribution in [0.1, 0.15) is 33.6 Å². The fourth-order valence-corrected chi connectivity index (χ4v) is 2.00. The average Bonchev–Trinajstić information content (AvgIpc) is 3.01. The number of rotatable bonds is 8. The van der Waals surface area contributed by atoms with Gasteiger partial charge in [-0.2, -0.15) is 24.7 Å². The monoisotopic (exact) mass is 290 g/mol. The van der Waals surface area contributed by atoms with Gasteiger partial charge in [0.2, 0.25) is 11.9 Å². The maximum atomic E-state index is 4.52. The van der Waals surface area contributed by atoms with Gasteiger partial charge in [-0.1, -0.05) is 13.8 Å². The number of nitrogens with zero attached hydrogens (tertiary/aromatic N) is 7. The summed E-state index contributed by atoms with van der Waals surface area (Å²) in [6.07, 6.45) is 5.13. The van der Waals surface area contributed by atoms with Gasteiger partial charge in [0.1, 0.15) is 12.7 Å². The van der Waals surface area contributed by atoms with Crippen LogP contribution in [0.2, 0.25) is 0 Å². The highest BCUT2D eigenvalue weighted by atomic mass is 15.4. The van der Waals surface area contributed by atoms with E-state index in [1.54, 1.807) is 11.0 Å². The molecule has 0 aliphatic rings. The number of anilines is 2. The Morgan fingerprint density at radius 3 is 2.43 bits per heavy atom. The molecule has 21 heavy (non-hydrogen) atoms. The molecule has 0 radical (unpaired) electrons. The first-order chi connectivity index (χ1) is 10.3. The van der Waals surface area contributed by atoms with E-state index in [4.69, 9.17) is 0 Å². The second-order valence-corrected chi connectivity index (χ2v) is 4.62. The van der Waals surface area contributed by atoms with Crippen LogP contribution in [0.15, 0.2) is 12.7 Å². The summed E-state index contributed by atoms with van der Waals surface area (Å²) in [7, 11) is 0. The van der Waals surface area contributed by atoms with E-state index >= 15 is 0 Å². The van der Waals surface area contributed by atoms with Crippen LogP contribution in [0.4, 0.5) is 11.9 Å². The first kappa shape index (κ1) is 15.1. The standard InChI is InChI=1S/C13H22N8/c1-4-7-20(8-5-2)12-17-11(15-6-3)18-13(19-12)21-10-14-9-16-21/h9-10H,4-8H2,1-3H3,(H,15,17,18,19). The predicted molar refractivity (Wildman–Crippen MR) is 81.7 cm³/mol. The Labute approximate surface area is 124 Å². The molecule has 8 heteroatoms. The average molecular weight is 290 g/mol. The molecule has 0 fully saturated rings. The second kappa shape index (κ2) is 7.51. The molecule has 0 amide bonds. The molecule has 0 unspecified atom stereocenters. The summed E-state index contributed by atoms with van der Waals surface area (Å²) in [5, 5.41) is 7.23. The molecule has 0 aromatic carbocycles. The molecular formula is C13H22N8. The number of nitrogens with one attached hydrogen (secondary N) is 1. The van der Waals surface area contributed by atoms with Crippen LogP contribution in [0.5, 0.6) is 0 Å². The molecule has 2 heterocycles. The lowest BCUT2D eigenvalue weighted by Crippen LogP contribution is -2.28. The lowest BCUT2D eigenvalue weighted by Gasteiger charge is -2.22. The lowest BCUT2D eigenvalue weighted by molar-refractivity contribution is 0.706. The second-order valence-electron chi connectivity index (χ2n) is 4.62. The predicted octanol–water partition coefficient (Wildman–Crippen LogP) is 1.51. The van der Waals surface area contributed by atoms with Gasteiger partial charge in [-0.25, -0.2) is 4.98 Å². The van der Waals surface area contributed by atoms with Crippen LogP contribution < -0.4 is 10.2 Å². The molecule has 0 saturated heterocycles. The van der Waals surface area contributed by atoms with Crippen LogP contribution in [0.25, 0.3) is 5.95 Å². The first-order valence-corrected chi connectivity index (χ1v) is 7.38. The summed E-state index contributed by atoms with van der Waals surface area (Å²) < 4.78 is 1.54. The minimum atomic E-state index is 0.477. The molecule has 2 aromatic heterocycles. The molecule has 2 rings (SSSR count). The van der Waals surface area contributed by atoms with E-state index in [1.165, 1.54) is 6.33 Å². The highest BCUT2D eigenvalue weighted by Gasteiger charge is 2.13. The van der Waals surface area contributed by atoms with Crippen molar-refractivity contribution < 1.29 is 0 Å². The number of aromatic nitrogens is 6. The Balaban J connectivity index is 2.38. The molecule has 0 bridgehead atoms. The van der Waals surface area contributed by atoms with Crippen LogP contribution >= 0.6 is 0 Å². The topological polar surface area (TPSA) is 84.7 Å². The van der Waals surface area contributed by atoms with Crippen molar-refractivity contribution in [1.82, 2.24) is 29.7 Å². The summed E-state index contributed by atoms with van der Waals surface area (Å²) in [5.74, 6) is 1.71. The molecular weight excluding hydrogens is 268 g/mol. The third-order valence-electron chi connectivity index (χ3n) is 2.84. The van der Waals surface area contributed by atoms with Crippen molar-refractivity contribution in [1.29, 1.82) is 0 Å². The fourth-order valence-electron chi connectivity index (χ4n) is 2.00.